The van der Waals surface area contributed by atoms with E-state index in [0.717, 1.165) is 16.8 Å². The van der Waals surface area contributed by atoms with E-state index in [9.17, 15) is 13.5 Å². The Balaban J connectivity index is 1.94. The number of aryl methyl sites for hydroxylation is 2. The smallest absolute Gasteiger partial charge is 0.264 e. The van der Waals surface area contributed by atoms with Crippen LogP contribution in [0.3, 0.4) is 0 Å². The third-order valence-electron chi connectivity index (χ3n) is 5.35. The third-order valence-corrected chi connectivity index (χ3v) is 7.14. The van der Waals surface area contributed by atoms with Crippen LogP contribution >= 0.6 is 0 Å². The van der Waals surface area contributed by atoms with E-state index in [1.807, 2.05) is 58.0 Å². The molecular weight excluding hydrogens is 400 g/mol. The molecule has 2 aromatic rings. The summed E-state index contributed by atoms with van der Waals surface area (Å²) in [4.78, 5) is 2.33. The molecular formula is C23H32N2O4S. The summed E-state index contributed by atoms with van der Waals surface area (Å²) in [5, 5.41) is 9.61. The second kappa shape index (κ2) is 9.37. The number of anilines is 2. The highest BCUT2D eigenvalue weighted by atomic mass is 32.2. The van der Waals surface area contributed by atoms with E-state index in [1.54, 1.807) is 12.1 Å². The van der Waals surface area contributed by atoms with E-state index in [-0.39, 0.29) is 23.5 Å². The molecule has 6 nitrogen and oxygen atoms in total. The number of rotatable bonds is 7. The Labute approximate surface area is 180 Å². The molecule has 1 N–H and O–H groups in total. The van der Waals surface area contributed by atoms with Gasteiger partial charge in [0.05, 0.1) is 36.4 Å². The maximum Gasteiger partial charge on any atom is 0.264 e. The van der Waals surface area contributed by atoms with Crippen molar-refractivity contribution in [2.24, 2.45) is 5.92 Å². The van der Waals surface area contributed by atoms with Crippen molar-refractivity contribution < 1.29 is 18.3 Å². The van der Waals surface area contributed by atoms with Gasteiger partial charge in [-0.05, 0) is 55.7 Å². The maximum atomic E-state index is 13.6. The molecule has 1 unspecified atom stereocenters. The molecule has 2 aromatic carbocycles. The Hall–Kier alpha value is -2.09. The lowest BCUT2D eigenvalue weighted by atomic mass is 10.1. The summed E-state index contributed by atoms with van der Waals surface area (Å²) in [7, 11) is -3.71. The zero-order valence-electron chi connectivity index (χ0n) is 18.2. The minimum absolute atomic E-state index is 0.00504. The highest BCUT2D eigenvalue weighted by Crippen LogP contribution is 2.30. The van der Waals surface area contributed by atoms with Gasteiger partial charge in [0, 0.05) is 18.8 Å². The third kappa shape index (κ3) is 4.79. The molecule has 0 aromatic heterocycles. The number of aliphatic hydroxyl groups is 1. The van der Waals surface area contributed by atoms with E-state index in [2.05, 4.69) is 4.90 Å². The fourth-order valence-corrected chi connectivity index (χ4v) is 5.52. The van der Waals surface area contributed by atoms with Crippen molar-refractivity contribution >= 4 is 21.4 Å². The first-order chi connectivity index (χ1) is 14.2. The monoisotopic (exact) mass is 432 g/mol. The molecule has 7 heteroatoms. The van der Waals surface area contributed by atoms with Crippen molar-refractivity contribution in [2.45, 2.75) is 38.6 Å². The lowest BCUT2D eigenvalue weighted by Crippen LogP contribution is -2.47. The first-order valence-corrected chi connectivity index (χ1v) is 11.8. The van der Waals surface area contributed by atoms with Crippen LogP contribution in [0.25, 0.3) is 0 Å². The Morgan fingerprint density at radius 2 is 1.87 bits per heavy atom. The van der Waals surface area contributed by atoms with Gasteiger partial charge in [-0.1, -0.05) is 31.5 Å². The van der Waals surface area contributed by atoms with Crippen molar-refractivity contribution in [3.8, 4) is 0 Å². The summed E-state index contributed by atoms with van der Waals surface area (Å²) < 4.78 is 34.1. The maximum absolute atomic E-state index is 13.6. The van der Waals surface area contributed by atoms with Crippen LogP contribution in [0.5, 0.6) is 0 Å². The van der Waals surface area contributed by atoms with E-state index < -0.39 is 10.0 Å². The minimum atomic E-state index is -3.71. The Kier molecular flexibility index (Phi) is 7.06. The lowest BCUT2D eigenvalue weighted by molar-refractivity contribution is 0.0727. The fourth-order valence-electron chi connectivity index (χ4n) is 3.83. The Morgan fingerprint density at radius 1 is 1.17 bits per heavy atom. The first kappa shape index (κ1) is 22.6. The van der Waals surface area contributed by atoms with E-state index >= 15 is 0 Å². The Bertz CT molecular complexity index is 958. The van der Waals surface area contributed by atoms with Gasteiger partial charge in [0.15, 0.2) is 0 Å². The molecule has 1 fully saturated rings. The number of hydrogen-bond acceptors (Lipinski definition) is 5. The summed E-state index contributed by atoms with van der Waals surface area (Å²) in [6, 6.07) is 12.7. The standard InChI is InChI=1S/C23H32N2O4S/c1-17(2)14-25(23-10-5-18(3)13-19(23)4)30(27,28)22-8-6-20(7-9-22)24-11-12-29-16-21(24)15-26/h5-10,13,17,21,26H,11-12,14-16H2,1-4H3. The number of morpholine rings is 1. The summed E-state index contributed by atoms with van der Waals surface area (Å²) in [6.07, 6.45) is 0. The normalized spacial score (nSPS) is 17.4. The highest BCUT2D eigenvalue weighted by Gasteiger charge is 2.28. The van der Waals surface area contributed by atoms with Gasteiger partial charge in [0.1, 0.15) is 0 Å². The summed E-state index contributed by atoms with van der Waals surface area (Å²) in [6.45, 7) is 10.1. The molecule has 1 atom stereocenters. The van der Waals surface area contributed by atoms with E-state index in [1.165, 1.54) is 4.31 Å². The largest absolute Gasteiger partial charge is 0.394 e. The average Bonchev–Trinajstić information content (AvgIpc) is 2.72. The van der Waals surface area contributed by atoms with Crippen LogP contribution < -0.4 is 9.21 Å². The number of benzene rings is 2. The molecule has 0 bridgehead atoms. The average molecular weight is 433 g/mol. The van der Waals surface area contributed by atoms with Gasteiger partial charge in [-0.15, -0.1) is 0 Å². The van der Waals surface area contributed by atoms with Gasteiger partial charge in [-0.3, -0.25) is 4.31 Å². The van der Waals surface area contributed by atoms with Gasteiger partial charge < -0.3 is 14.7 Å². The van der Waals surface area contributed by atoms with Gasteiger partial charge in [0.2, 0.25) is 0 Å². The predicted octanol–water partition coefficient (Wildman–Crippen LogP) is 3.35. The minimum Gasteiger partial charge on any atom is -0.394 e. The van der Waals surface area contributed by atoms with Crippen LogP contribution in [0.1, 0.15) is 25.0 Å². The quantitative estimate of drug-likeness (QED) is 0.727. The van der Waals surface area contributed by atoms with Crippen molar-refractivity contribution in [3.63, 3.8) is 0 Å². The number of hydrogen-bond donors (Lipinski definition) is 1. The van der Waals surface area contributed by atoms with Gasteiger partial charge in [0.25, 0.3) is 10.0 Å². The van der Waals surface area contributed by atoms with Gasteiger partial charge in [-0.2, -0.15) is 0 Å². The molecule has 30 heavy (non-hydrogen) atoms. The zero-order valence-corrected chi connectivity index (χ0v) is 19.0. The highest BCUT2D eigenvalue weighted by molar-refractivity contribution is 7.92. The number of nitrogens with zero attached hydrogens (tertiary/aromatic N) is 2. The van der Waals surface area contributed by atoms with Crippen molar-refractivity contribution in [1.82, 2.24) is 0 Å². The van der Waals surface area contributed by atoms with Crippen LogP contribution in [0.2, 0.25) is 0 Å². The van der Waals surface area contributed by atoms with Crippen molar-refractivity contribution in [3.05, 3.63) is 53.6 Å². The topological polar surface area (TPSA) is 70.1 Å². The van der Waals surface area contributed by atoms with Crippen molar-refractivity contribution in [2.75, 3.05) is 42.1 Å². The van der Waals surface area contributed by atoms with Crippen LogP contribution in [0, 0.1) is 19.8 Å². The number of sulfonamides is 1. The summed E-state index contributed by atoms with van der Waals surface area (Å²) in [5.74, 6) is 0.179. The first-order valence-electron chi connectivity index (χ1n) is 10.4. The molecule has 1 saturated heterocycles. The molecule has 1 aliphatic heterocycles. The lowest BCUT2D eigenvalue weighted by Gasteiger charge is -2.36. The van der Waals surface area contributed by atoms with Crippen LogP contribution in [0.15, 0.2) is 47.4 Å². The molecule has 0 amide bonds. The van der Waals surface area contributed by atoms with Gasteiger partial charge >= 0.3 is 0 Å². The van der Waals surface area contributed by atoms with Crippen molar-refractivity contribution in [1.29, 1.82) is 0 Å². The number of aliphatic hydroxyl groups excluding tert-OH is 1. The summed E-state index contributed by atoms with van der Waals surface area (Å²) >= 11 is 0. The van der Waals surface area contributed by atoms with Crippen LogP contribution in [0.4, 0.5) is 11.4 Å². The molecule has 0 radical (unpaired) electrons. The molecule has 164 valence electrons. The van der Waals surface area contributed by atoms with Crippen LogP contribution in [-0.2, 0) is 14.8 Å². The summed E-state index contributed by atoms with van der Waals surface area (Å²) in [5.41, 5.74) is 3.64. The zero-order chi connectivity index (χ0) is 21.9. The molecule has 3 rings (SSSR count). The van der Waals surface area contributed by atoms with Gasteiger partial charge in [-0.25, -0.2) is 8.42 Å². The van der Waals surface area contributed by atoms with E-state index in [4.69, 9.17) is 4.74 Å². The fraction of sp³-hybridized carbons (Fsp3) is 0.478. The second-order valence-electron chi connectivity index (χ2n) is 8.32. The Morgan fingerprint density at radius 3 is 2.47 bits per heavy atom. The second-order valence-corrected chi connectivity index (χ2v) is 10.2. The molecule has 0 aliphatic carbocycles. The van der Waals surface area contributed by atoms with Crippen LogP contribution in [-0.4, -0.2) is 52.5 Å². The molecule has 0 spiro atoms. The molecule has 1 aliphatic rings. The van der Waals surface area contributed by atoms with E-state index in [0.29, 0.717) is 32.0 Å². The molecule has 0 saturated carbocycles. The molecule has 1 heterocycles. The number of ether oxygens (including phenoxy) is 1. The predicted molar refractivity (Wildman–Crippen MR) is 121 cm³/mol. The SMILES string of the molecule is Cc1ccc(N(CC(C)C)S(=O)(=O)c2ccc(N3CCOCC3CO)cc2)c(C)c1.